The lowest BCUT2D eigenvalue weighted by Gasteiger charge is -2.37. The lowest BCUT2D eigenvalue weighted by molar-refractivity contribution is -0.141. The molecule has 0 bridgehead atoms. The fraction of sp³-hybridized carbons (Fsp3) is 0.286. The van der Waals surface area contributed by atoms with E-state index in [4.69, 9.17) is 0 Å². The van der Waals surface area contributed by atoms with Crippen molar-refractivity contribution in [3.63, 3.8) is 0 Å². The van der Waals surface area contributed by atoms with E-state index in [9.17, 15) is 32.7 Å². The van der Waals surface area contributed by atoms with E-state index in [0.29, 0.717) is 25.7 Å². The number of hydrogen-bond donors (Lipinski definition) is 2. The van der Waals surface area contributed by atoms with Crippen LogP contribution in [0.4, 0.5) is 30.2 Å². The Labute approximate surface area is 175 Å². The molecule has 2 aromatic carbocycles. The van der Waals surface area contributed by atoms with Gasteiger partial charge in [-0.25, -0.2) is 18.0 Å². The number of carboxylic acid groups (broad SMARTS) is 1. The summed E-state index contributed by atoms with van der Waals surface area (Å²) in [5, 5.41) is 12.8. The normalized spacial score (nSPS) is 21.3. The van der Waals surface area contributed by atoms with Crippen molar-refractivity contribution < 1.29 is 32.7 Å². The molecule has 2 N–H and O–H groups in total. The van der Waals surface area contributed by atoms with E-state index < -0.39 is 46.7 Å². The van der Waals surface area contributed by atoms with E-state index in [-0.39, 0.29) is 23.0 Å². The van der Waals surface area contributed by atoms with Gasteiger partial charge in [-0.3, -0.25) is 9.59 Å². The third-order valence-electron chi connectivity index (χ3n) is 5.41. The highest BCUT2D eigenvalue weighted by Gasteiger charge is 2.46. The third-order valence-corrected chi connectivity index (χ3v) is 5.41. The van der Waals surface area contributed by atoms with E-state index in [0.717, 1.165) is 23.1 Å². The molecular weight excluding hydrogens is 415 g/mol. The summed E-state index contributed by atoms with van der Waals surface area (Å²) in [5.41, 5.74) is -0.839. The maximum absolute atomic E-state index is 14.9. The molecule has 162 valence electrons. The summed E-state index contributed by atoms with van der Waals surface area (Å²) >= 11 is 0. The molecule has 7 nitrogen and oxygen atoms in total. The molecule has 31 heavy (non-hydrogen) atoms. The molecule has 4 rings (SSSR count). The highest BCUT2D eigenvalue weighted by Crippen LogP contribution is 2.40. The molecule has 1 saturated heterocycles. The van der Waals surface area contributed by atoms with Gasteiger partial charge in [0.15, 0.2) is 6.04 Å². The van der Waals surface area contributed by atoms with Gasteiger partial charge < -0.3 is 20.2 Å². The number of piperazine rings is 1. The predicted octanol–water partition coefficient (Wildman–Crippen LogP) is 2.26. The Kier molecular flexibility index (Phi) is 5.18. The minimum atomic E-state index is -2.07. The molecule has 0 radical (unpaired) electrons. The molecule has 1 fully saturated rings. The van der Waals surface area contributed by atoms with Crippen LogP contribution in [0.3, 0.4) is 0 Å². The summed E-state index contributed by atoms with van der Waals surface area (Å²) < 4.78 is 43.0. The van der Waals surface area contributed by atoms with Gasteiger partial charge in [0, 0.05) is 31.7 Å². The molecule has 0 aliphatic carbocycles. The number of carbonyl (C=O) groups is 3. The molecular formula is C21H18F3N3O4. The van der Waals surface area contributed by atoms with Crippen molar-refractivity contribution in [2.24, 2.45) is 0 Å². The number of nitrogens with zero attached hydrogens (tertiary/aromatic N) is 2. The molecule has 0 amide bonds. The van der Waals surface area contributed by atoms with Crippen molar-refractivity contribution in [2.45, 2.75) is 19.0 Å². The van der Waals surface area contributed by atoms with Crippen LogP contribution in [0.1, 0.15) is 17.3 Å². The van der Waals surface area contributed by atoms with Crippen LogP contribution in [-0.4, -0.2) is 54.4 Å². The number of halogens is 3. The average molecular weight is 433 g/mol. The second-order valence-corrected chi connectivity index (χ2v) is 7.52. The second-order valence-electron chi connectivity index (χ2n) is 7.52. The van der Waals surface area contributed by atoms with E-state index in [1.165, 1.54) is 6.07 Å². The van der Waals surface area contributed by atoms with Crippen LogP contribution in [0.2, 0.25) is 0 Å². The van der Waals surface area contributed by atoms with Gasteiger partial charge in [-0.1, -0.05) is 0 Å². The van der Waals surface area contributed by atoms with Crippen LogP contribution in [0.25, 0.3) is 0 Å². The Bertz CT molecular complexity index is 1110. The summed E-state index contributed by atoms with van der Waals surface area (Å²) in [5.74, 6) is -6.99. The average Bonchev–Trinajstić information content (AvgIpc) is 2.70. The molecule has 2 aromatic rings. The SMILES string of the molecule is CC1CN(c2cc3c(cc2F)C(=O)C(=O)C(C(=O)O)N3c2ccc(F)cc2F)CCN1. The molecule has 2 atom stereocenters. The fourth-order valence-corrected chi connectivity index (χ4v) is 4.01. The van der Waals surface area contributed by atoms with E-state index in [1.54, 1.807) is 4.90 Å². The van der Waals surface area contributed by atoms with Crippen molar-refractivity contribution in [3.8, 4) is 0 Å². The van der Waals surface area contributed by atoms with Crippen molar-refractivity contribution >= 4 is 34.6 Å². The van der Waals surface area contributed by atoms with Crippen molar-refractivity contribution in [1.82, 2.24) is 5.32 Å². The standard InChI is InChI=1S/C21H18F3N3O4/c1-10-9-26(5-4-25-10)17-8-16-12(7-14(17)24)19(28)20(29)18(21(30)31)27(16)15-3-2-11(22)6-13(15)23/h2-3,6-8,10,18,25H,4-5,9H2,1H3,(H,30,31). The Morgan fingerprint density at radius 3 is 2.42 bits per heavy atom. The maximum atomic E-state index is 14.9. The Morgan fingerprint density at radius 1 is 1.06 bits per heavy atom. The van der Waals surface area contributed by atoms with Crippen molar-refractivity contribution in [1.29, 1.82) is 0 Å². The zero-order valence-corrected chi connectivity index (χ0v) is 16.4. The van der Waals surface area contributed by atoms with E-state index in [2.05, 4.69) is 5.32 Å². The van der Waals surface area contributed by atoms with Gasteiger partial charge in [0.2, 0.25) is 11.6 Å². The lowest BCUT2D eigenvalue weighted by Crippen LogP contribution is -2.52. The van der Waals surface area contributed by atoms with Crippen LogP contribution in [-0.2, 0) is 9.59 Å². The molecule has 2 aliphatic rings. The van der Waals surface area contributed by atoms with Crippen LogP contribution in [0.15, 0.2) is 30.3 Å². The molecule has 2 unspecified atom stereocenters. The number of carbonyl (C=O) groups excluding carboxylic acids is 2. The minimum Gasteiger partial charge on any atom is -0.479 e. The summed E-state index contributed by atoms with van der Waals surface area (Å²) in [6.45, 7) is 3.37. The number of ketones is 2. The van der Waals surface area contributed by atoms with Crippen LogP contribution >= 0.6 is 0 Å². The van der Waals surface area contributed by atoms with Gasteiger partial charge in [-0.2, -0.15) is 0 Å². The Balaban J connectivity index is 1.94. The maximum Gasteiger partial charge on any atom is 0.335 e. The monoisotopic (exact) mass is 433 g/mol. The van der Waals surface area contributed by atoms with E-state index >= 15 is 0 Å². The first-order valence-electron chi connectivity index (χ1n) is 9.56. The quantitative estimate of drug-likeness (QED) is 0.567. The summed E-state index contributed by atoms with van der Waals surface area (Å²) in [6.07, 6.45) is 0. The number of Topliss-reactive ketones (excluding diaryl/α,β-unsaturated/α-hetero) is 2. The number of rotatable bonds is 3. The molecule has 2 heterocycles. The molecule has 0 spiro atoms. The number of carboxylic acids is 1. The highest BCUT2D eigenvalue weighted by atomic mass is 19.1. The predicted molar refractivity (Wildman–Crippen MR) is 105 cm³/mol. The number of hydrogen-bond acceptors (Lipinski definition) is 6. The van der Waals surface area contributed by atoms with Gasteiger partial charge in [-0.15, -0.1) is 0 Å². The number of nitrogens with one attached hydrogen (secondary N) is 1. The summed E-state index contributed by atoms with van der Waals surface area (Å²) in [7, 11) is 0. The topological polar surface area (TPSA) is 90.0 Å². The van der Waals surface area contributed by atoms with Crippen LogP contribution in [0, 0.1) is 17.5 Å². The Hall–Kier alpha value is -3.40. The van der Waals surface area contributed by atoms with Crippen LogP contribution in [0.5, 0.6) is 0 Å². The summed E-state index contributed by atoms with van der Waals surface area (Å²) in [6, 6.07) is 2.50. The number of aliphatic carboxylic acids is 1. The minimum absolute atomic E-state index is 0.0461. The van der Waals surface area contributed by atoms with Crippen molar-refractivity contribution in [2.75, 3.05) is 29.4 Å². The van der Waals surface area contributed by atoms with Gasteiger partial charge in [0.25, 0.3) is 0 Å². The van der Waals surface area contributed by atoms with Crippen LogP contribution < -0.4 is 15.1 Å². The third kappa shape index (κ3) is 3.52. The van der Waals surface area contributed by atoms with Gasteiger partial charge in [0.1, 0.15) is 17.5 Å². The number of benzene rings is 2. The lowest BCUT2D eigenvalue weighted by atomic mass is 9.91. The number of fused-ring (bicyclic) bond motifs is 1. The van der Waals surface area contributed by atoms with Gasteiger partial charge in [-0.05, 0) is 31.2 Å². The first-order chi connectivity index (χ1) is 14.7. The van der Waals surface area contributed by atoms with Crippen molar-refractivity contribution in [3.05, 3.63) is 53.3 Å². The zero-order valence-electron chi connectivity index (χ0n) is 16.4. The van der Waals surface area contributed by atoms with E-state index in [1.807, 2.05) is 6.92 Å². The first kappa shape index (κ1) is 20.9. The smallest absolute Gasteiger partial charge is 0.335 e. The van der Waals surface area contributed by atoms with Gasteiger partial charge >= 0.3 is 5.97 Å². The fourth-order valence-electron chi connectivity index (χ4n) is 4.01. The van der Waals surface area contributed by atoms with Gasteiger partial charge in [0.05, 0.1) is 22.6 Å². The zero-order chi connectivity index (χ0) is 22.4. The molecule has 2 aliphatic heterocycles. The molecule has 0 aromatic heterocycles. The summed E-state index contributed by atoms with van der Waals surface area (Å²) in [4.78, 5) is 39.5. The largest absolute Gasteiger partial charge is 0.479 e. The Morgan fingerprint density at radius 2 is 1.77 bits per heavy atom. The first-order valence-corrected chi connectivity index (χ1v) is 9.56. The number of anilines is 3. The highest BCUT2D eigenvalue weighted by molar-refractivity contribution is 6.51. The molecule has 0 saturated carbocycles. The second kappa shape index (κ2) is 7.69. The molecule has 10 heteroatoms.